The molecule has 84 valence electrons. The number of allylic oxidation sites excluding steroid dienone is 2. The van der Waals surface area contributed by atoms with Gasteiger partial charge in [-0.1, -0.05) is 12.2 Å². The zero-order valence-corrected chi connectivity index (χ0v) is 9.31. The Kier molecular flexibility index (Phi) is 2.57. The summed E-state index contributed by atoms with van der Waals surface area (Å²) in [6, 6.07) is 0. The molecule has 0 spiro atoms. The third kappa shape index (κ3) is 1.98. The van der Waals surface area contributed by atoms with Crippen LogP contribution in [-0.4, -0.2) is 35.7 Å². The van der Waals surface area contributed by atoms with E-state index < -0.39 is 0 Å². The smallest absolute Gasteiger partial charge is 0.0564 e. The minimum atomic E-state index is -0.0267. The van der Waals surface area contributed by atoms with Gasteiger partial charge in [-0.2, -0.15) is 0 Å². The average Bonchev–Trinajstić information content (AvgIpc) is 2.83. The molecule has 0 unspecified atom stereocenters. The normalized spacial score (nSPS) is 41.5. The van der Waals surface area contributed by atoms with E-state index in [1.807, 2.05) is 0 Å². The molecule has 3 atom stereocenters. The summed E-state index contributed by atoms with van der Waals surface area (Å²) < 4.78 is 0. The zero-order valence-electron chi connectivity index (χ0n) is 9.31. The molecule has 3 aliphatic rings. The fraction of sp³-hybridized carbons (Fsp3) is 0.846. The van der Waals surface area contributed by atoms with Crippen molar-refractivity contribution < 1.29 is 5.11 Å². The van der Waals surface area contributed by atoms with Crippen LogP contribution in [0.1, 0.15) is 25.7 Å². The van der Waals surface area contributed by atoms with Gasteiger partial charge in [0.05, 0.1) is 6.10 Å². The third-order valence-electron chi connectivity index (χ3n) is 4.47. The molecule has 3 rings (SSSR count). The number of fused-ring (bicyclic) bond motifs is 2. The molecule has 2 heteroatoms. The van der Waals surface area contributed by atoms with Gasteiger partial charge in [0.2, 0.25) is 0 Å². The van der Waals surface area contributed by atoms with Gasteiger partial charge >= 0.3 is 0 Å². The molecule has 0 aromatic rings. The lowest BCUT2D eigenvalue weighted by atomic mass is 9.92. The van der Waals surface area contributed by atoms with Crippen molar-refractivity contribution in [1.82, 2.24) is 4.90 Å². The van der Waals surface area contributed by atoms with Crippen molar-refractivity contribution >= 4 is 0 Å². The van der Waals surface area contributed by atoms with E-state index >= 15 is 0 Å². The second-order valence-corrected chi connectivity index (χ2v) is 5.57. The number of hydrogen-bond donors (Lipinski definition) is 1. The van der Waals surface area contributed by atoms with Crippen molar-refractivity contribution in [3.05, 3.63) is 12.2 Å². The van der Waals surface area contributed by atoms with Gasteiger partial charge in [-0.05, 0) is 43.4 Å². The fourth-order valence-corrected chi connectivity index (χ4v) is 3.54. The summed E-state index contributed by atoms with van der Waals surface area (Å²) in [4.78, 5) is 2.56. The average molecular weight is 207 g/mol. The van der Waals surface area contributed by atoms with E-state index in [9.17, 15) is 5.11 Å². The Balaban J connectivity index is 1.51. The van der Waals surface area contributed by atoms with Gasteiger partial charge in [0.15, 0.2) is 0 Å². The molecule has 1 aliphatic heterocycles. The van der Waals surface area contributed by atoms with E-state index in [0.29, 0.717) is 0 Å². The summed E-state index contributed by atoms with van der Waals surface area (Å²) in [6.07, 6.45) is 9.63. The summed E-state index contributed by atoms with van der Waals surface area (Å²) in [5.74, 6) is 2.69. The van der Waals surface area contributed by atoms with Gasteiger partial charge in [-0.3, -0.25) is 0 Å². The molecule has 0 aromatic heterocycles. The molecule has 2 nitrogen and oxygen atoms in total. The van der Waals surface area contributed by atoms with Crippen LogP contribution in [0.2, 0.25) is 0 Å². The first-order valence-electron chi connectivity index (χ1n) is 6.40. The largest absolute Gasteiger partial charge is 0.393 e. The summed E-state index contributed by atoms with van der Waals surface area (Å²) >= 11 is 0. The molecule has 1 N–H and O–H groups in total. The maximum atomic E-state index is 9.46. The van der Waals surface area contributed by atoms with Crippen molar-refractivity contribution in [3.63, 3.8) is 0 Å². The Morgan fingerprint density at radius 2 is 1.93 bits per heavy atom. The van der Waals surface area contributed by atoms with Crippen molar-refractivity contribution in [2.24, 2.45) is 17.8 Å². The second-order valence-electron chi connectivity index (χ2n) is 5.57. The van der Waals surface area contributed by atoms with Crippen LogP contribution in [0, 0.1) is 17.8 Å². The molecule has 2 aliphatic carbocycles. The van der Waals surface area contributed by atoms with E-state index in [4.69, 9.17) is 0 Å². The lowest BCUT2D eigenvalue weighted by Gasteiger charge is -2.33. The number of hydrogen-bond acceptors (Lipinski definition) is 2. The Bertz CT molecular complexity index is 255. The topological polar surface area (TPSA) is 23.5 Å². The minimum absolute atomic E-state index is 0.0267. The summed E-state index contributed by atoms with van der Waals surface area (Å²) in [7, 11) is 0. The molecule has 15 heavy (non-hydrogen) atoms. The standard InChI is InChI=1S/C13H21NO/c15-13-3-5-14(6-4-13)9-12-8-10-1-2-11(12)7-10/h1-2,10-13,15H,3-9H2/t10-,11+,12+/m0/s1. The Hall–Kier alpha value is -0.340. The highest BCUT2D eigenvalue weighted by Gasteiger charge is 2.36. The molecule has 0 aromatic carbocycles. The van der Waals surface area contributed by atoms with Crippen LogP contribution in [-0.2, 0) is 0 Å². The number of piperidine rings is 1. The Morgan fingerprint density at radius 1 is 1.13 bits per heavy atom. The predicted octanol–water partition coefficient (Wildman–Crippen LogP) is 1.66. The van der Waals surface area contributed by atoms with Crippen molar-refractivity contribution in [2.45, 2.75) is 31.8 Å². The first-order valence-corrected chi connectivity index (χ1v) is 6.40. The second kappa shape index (κ2) is 3.91. The Morgan fingerprint density at radius 3 is 2.53 bits per heavy atom. The lowest BCUT2D eigenvalue weighted by molar-refractivity contribution is 0.0724. The highest BCUT2D eigenvalue weighted by atomic mass is 16.3. The van der Waals surface area contributed by atoms with Crippen molar-refractivity contribution in [1.29, 1.82) is 0 Å². The van der Waals surface area contributed by atoms with Gasteiger partial charge < -0.3 is 10.0 Å². The molecule has 1 heterocycles. The number of nitrogens with zero attached hydrogens (tertiary/aromatic N) is 1. The number of aliphatic hydroxyl groups is 1. The van der Waals surface area contributed by atoms with Crippen molar-refractivity contribution in [2.75, 3.05) is 19.6 Å². The maximum Gasteiger partial charge on any atom is 0.0564 e. The molecule has 0 radical (unpaired) electrons. The quantitative estimate of drug-likeness (QED) is 0.696. The van der Waals surface area contributed by atoms with E-state index in [1.165, 1.54) is 19.4 Å². The highest BCUT2D eigenvalue weighted by molar-refractivity contribution is 5.10. The van der Waals surface area contributed by atoms with Gasteiger partial charge in [0, 0.05) is 19.6 Å². The fourth-order valence-electron chi connectivity index (χ4n) is 3.54. The van der Waals surface area contributed by atoms with E-state index in [2.05, 4.69) is 17.1 Å². The third-order valence-corrected chi connectivity index (χ3v) is 4.47. The van der Waals surface area contributed by atoms with Crippen LogP contribution >= 0.6 is 0 Å². The predicted molar refractivity (Wildman–Crippen MR) is 60.5 cm³/mol. The maximum absolute atomic E-state index is 9.46. The number of aliphatic hydroxyl groups excluding tert-OH is 1. The van der Waals surface area contributed by atoms with Crippen LogP contribution in [0.15, 0.2) is 12.2 Å². The zero-order chi connectivity index (χ0) is 10.3. The van der Waals surface area contributed by atoms with E-state index in [0.717, 1.165) is 43.7 Å². The molecular weight excluding hydrogens is 186 g/mol. The highest BCUT2D eigenvalue weighted by Crippen LogP contribution is 2.43. The van der Waals surface area contributed by atoms with E-state index in [-0.39, 0.29) is 6.10 Å². The van der Waals surface area contributed by atoms with E-state index in [1.54, 1.807) is 0 Å². The number of rotatable bonds is 2. The van der Waals surface area contributed by atoms with Crippen LogP contribution in [0.4, 0.5) is 0 Å². The first kappa shape index (κ1) is 9.86. The van der Waals surface area contributed by atoms with Crippen LogP contribution in [0.5, 0.6) is 0 Å². The van der Waals surface area contributed by atoms with Gasteiger partial charge in [-0.25, -0.2) is 0 Å². The van der Waals surface area contributed by atoms with Crippen molar-refractivity contribution in [3.8, 4) is 0 Å². The molecule has 2 bridgehead atoms. The number of likely N-dealkylation sites (tertiary alicyclic amines) is 1. The molecule has 1 saturated carbocycles. The first-order chi connectivity index (χ1) is 7.31. The summed E-state index contributed by atoms with van der Waals surface area (Å²) in [5, 5.41) is 9.46. The Labute approximate surface area is 92.0 Å². The van der Waals surface area contributed by atoms with Crippen LogP contribution < -0.4 is 0 Å². The molecular formula is C13H21NO. The monoisotopic (exact) mass is 207 g/mol. The lowest BCUT2D eigenvalue weighted by Crippen LogP contribution is -2.39. The summed E-state index contributed by atoms with van der Waals surface area (Å²) in [6.45, 7) is 3.50. The van der Waals surface area contributed by atoms with Crippen LogP contribution in [0.25, 0.3) is 0 Å². The summed E-state index contributed by atoms with van der Waals surface area (Å²) in [5.41, 5.74) is 0. The molecule has 1 saturated heterocycles. The molecule has 2 fully saturated rings. The SMILES string of the molecule is OC1CCN(C[C@H]2C[C@H]3C=C[C@@H]2C3)CC1. The van der Waals surface area contributed by atoms with Crippen LogP contribution in [0.3, 0.4) is 0 Å². The van der Waals surface area contributed by atoms with Gasteiger partial charge in [0.1, 0.15) is 0 Å². The minimum Gasteiger partial charge on any atom is -0.393 e. The van der Waals surface area contributed by atoms with Gasteiger partial charge in [-0.15, -0.1) is 0 Å². The van der Waals surface area contributed by atoms with Gasteiger partial charge in [0.25, 0.3) is 0 Å². The molecule has 0 amide bonds.